The van der Waals surface area contributed by atoms with Crippen molar-refractivity contribution in [3.05, 3.63) is 259 Å². The van der Waals surface area contributed by atoms with Crippen LogP contribution in [0.1, 0.15) is 279 Å². The second-order valence-corrected chi connectivity index (χ2v) is 66.5. The number of fused-ring (bicyclic) bond motifs is 4. The lowest BCUT2D eigenvalue weighted by Gasteiger charge is -2.33. The summed E-state index contributed by atoms with van der Waals surface area (Å²) in [6, 6.07) is 73.6. The molecule has 4 saturated heterocycles. The third-order valence-electron chi connectivity index (χ3n) is 31.2. The Kier molecular flexibility index (Phi) is 29.2. The van der Waals surface area contributed by atoms with Crippen molar-refractivity contribution in [2.45, 2.75) is 344 Å². The molecule has 8 aromatic carbocycles. The molecular weight excluding hydrogens is 1570 g/mol. The van der Waals surface area contributed by atoms with Crippen LogP contribution in [0.5, 0.6) is 0 Å². The number of rotatable bonds is 12. The molecule has 16 rings (SSSR count). The number of aromatic nitrogens is 4. The van der Waals surface area contributed by atoms with Gasteiger partial charge in [-0.1, -0.05) is 269 Å². The second-order valence-electron chi connectivity index (χ2n) is 45.2. The Balaban J connectivity index is 0.000000152. The highest BCUT2D eigenvalue weighted by Gasteiger charge is 2.36. The fraction of sp³-hybridized carbons (Fsp3) is 0.487. The largest absolute Gasteiger partial charge is 0.220 e. The van der Waals surface area contributed by atoms with E-state index in [1.807, 2.05) is 0 Å². The lowest BCUT2D eigenvalue weighted by Crippen LogP contribution is -2.35. The molecule has 0 radical (unpaired) electrons. The van der Waals surface area contributed by atoms with E-state index >= 15 is 0 Å². The van der Waals surface area contributed by atoms with Gasteiger partial charge >= 0.3 is 0 Å². The molecule has 0 amide bonds. The van der Waals surface area contributed by atoms with Crippen molar-refractivity contribution in [1.29, 1.82) is 0 Å². The van der Waals surface area contributed by atoms with Gasteiger partial charge in [-0.05, 0) is 287 Å². The highest BCUT2D eigenvalue weighted by Crippen LogP contribution is 2.47. The first kappa shape index (κ1) is 94.9. The van der Waals surface area contributed by atoms with Crippen LogP contribution < -0.4 is 18.3 Å². The Morgan fingerprint density at radius 3 is 0.976 bits per heavy atom. The van der Waals surface area contributed by atoms with E-state index in [-0.39, 0.29) is 12.8 Å². The average molecular weight is 1740 g/mol. The van der Waals surface area contributed by atoms with Gasteiger partial charge in [-0.3, -0.25) is 0 Å². The molecule has 4 fully saturated rings. The third-order valence-corrected chi connectivity index (χ3v) is 44.3. The summed E-state index contributed by atoms with van der Waals surface area (Å²) < 4.78 is 18.0. The van der Waals surface area contributed by atoms with E-state index in [4.69, 9.17) is 1.37 Å². The predicted octanol–water partition coefficient (Wildman–Crippen LogP) is 32.6. The van der Waals surface area contributed by atoms with Crippen LogP contribution in [0.3, 0.4) is 0 Å². The van der Waals surface area contributed by atoms with E-state index in [9.17, 15) is 0 Å². The highest BCUT2D eigenvalue weighted by molar-refractivity contribution is 6.78. The van der Waals surface area contributed by atoms with E-state index in [1.165, 1.54) is 266 Å². The first-order valence-electron chi connectivity index (χ1n) is 48.9. The van der Waals surface area contributed by atoms with Crippen LogP contribution in [0.15, 0.2) is 164 Å². The van der Waals surface area contributed by atoms with Gasteiger partial charge in [0, 0.05) is 82.9 Å². The predicted molar refractivity (Wildman–Crippen MR) is 558 cm³/mol. The number of aryl methyl sites for hydroxylation is 6. The quantitative estimate of drug-likeness (QED) is 0.0856. The molecule has 0 saturated carbocycles. The molecule has 125 heavy (non-hydrogen) atoms. The van der Waals surface area contributed by atoms with Crippen molar-refractivity contribution in [3.63, 3.8) is 0 Å². The van der Waals surface area contributed by atoms with E-state index in [2.05, 4.69) is 388 Å². The molecule has 8 heterocycles. The third kappa shape index (κ3) is 21.6. The summed E-state index contributed by atoms with van der Waals surface area (Å²) in [5, 5.41) is 10.8. The van der Waals surface area contributed by atoms with Crippen molar-refractivity contribution in [1.82, 2.24) is 0 Å². The zero-order chi connectivity index (χ0) is 90.8. The summed E-state index contributed by atoms with van der Waals surface area (Å²) in [5.41, 5.74) is 34.8. The zero-order valence-electron chi connectivity index (χ0n) is 84.2. The Morgan fingerprint density at radius 1 is 0.312 bits per heavy atom. The molecule has 0 unspecified atom stereocenters. The molecule has 4 aliphatic heterocycles. The van der Waals surface area contributed by atoms with Crippen molar-refractivity contribution >= 4 is 75.4 Å². The van der Waals surface area contributed by atoms with Gasteiger partial charge in [-0.15, -0.1) is 0 Å². The summed E-state index contributed by atoms with van der Waals surface area (Å²) in [5.74, 6) is 4.94. The van der Waals surface area contributed by atoms with Gasteiger partial charge < -0.3 is 0 Å². The first-order valence-corrected chi connectivity index (χ1v) is 62.1. The average Bonchev–Trinajstić information content (AvgIpc) is 0.768. The molecule has 4 nitrogen and oxygen atoms in total. The minimum Gasteiger partial charge on any atom is -0.200 e. The van der Waals surface area contributed by atoms with Crippen LogP contribution >= 0.6 is 0 Å². The first-order chi connectivity index (χ1) is 58.7. The standard InChI is InChI=1S/C30H42NSi.2C29H40NSi.C28H38NSi.CH4/c1-20(2)26-18-28(21(3)4)22(5)29(19-26)30-27-10-9-24(17-25(27)11-14-31(30)6)23-12-15-32(7,8)16-13-23;1-20-9-11-25(29(3,4)5)19-27(20)28-26-12-10-23(18-24(26)17-21(2)30(28)6)22-13-15-31(7,8)16-14-22;1-19(2)25-15-20(3)22(5)28(18-25)29-27-10-9-24(17-26(27)16-21(4)30(29)6)23-11-13-31(7,8)14-12-23;1-19(2)23-9-8-20(3)27(18-23)28-26-11-10-24(17-25(26)16-21(4)29(28)5)22-12-14-30(6,7)15-13-22;/h9-11,14,17-21,23H,12-13,15-16H2,1-8H3;9-12,17-19,22H,13-16H2,1-8H3;9-10,15-19,23H,11-14H2,1-8H3;8-11,16-19,22H,12-15H2,1-7H3;1H4/q4*+1;/i14D;;;;. The topological polar surface area (TPSA) is 15.5 Å². The normalized spacial score (nSPS) is 17.0. The molecule has 0 N–H and O–H groups in total. The number of hydrogen-bond donors (Lipinski definition) is 0. The van der Waals surface area contributed by atoms with Gasteiger partial charge in [0.1, 0.15) is 29.6 Å². The lowest BCUT2D eigenvalue weighted by molar-refractivity contribution is -0.665. The molecule has 0 aliphatic carbocycles. The minimum absolute atomic E-state index is 0. The minimum atomic E-state index is -0.958. The van der Waals surface area contributed by atoms with Crippen molar-refractivity contribution in [2.75, 3.05) is 0 Å². The van der Waals surface area contributed by atoms with E-state index in [0.29, 0.717) is 35.8 Å². The van der Waals surface area contributed by atoms with Gasteiger partial charge in [0.05, 0.1) is 38.2 Å². The maximum Gasteiger partial charge on any atom is 0.220 e. The molecule has 4 aromatic heterocycles. The molecule has 0 bridgehead atoms. The summed E-state index contributed by atoms with van der Waals surface area (Å²) in [7, 11) is 5.00. The second kappa shape index (κ2) is 38.5. The zero-order valence-corrected chi connectivity index (χ0v) is 87.2. The summed E-state index contributed by atoms with van der Waals surface area (Å²) in [6.07, 6.45) is 11.5. The van der Waals surface area contributed by atoms with Crippen molar-refractivity contribution in [2.24, 2.45) is 28.2 Å². The molecule has 4 aliphatic rings. The summed E-state index contributed by atoms with van der Waals surface area (Å²) >= 11 is 0. The van der Waals surface area contributed by atoms with E-state index < -0.39 is 32.3 Å². The van der Waals surface area contributed by atoms with E-state index in [0.717, 1.165) is 17.8 Å². The fourth-order valence-electron chi connectivity index (χ4n) is 21.4. The monoisotopic (exact) mass is 1740 g/mol. The Morgan fingerprint density at radius 2 is 0.624 bits per heavy atom. The fourth-order valence-corrected chi connectivity index (χ4v) is 31.4. The summed E-state index contributed by atoms with van der Waals surface area (Å²) in [4.78, 5) is 0. The van der Waals surface area contributed by atoms with Crippen molar-refractivity contribution in [3.8, 4) is 45.0 Å². The van der Waals surface area contributed by atoms with Crippen LogP contribution in [0, 0.1) is 55.4 Å². The maximum atomic E-state index is 8.77. The van der Waals surface area contributed by atoms with Crippen LogP contribution in [0.2, 0.25) is 101 Å². The maximum absolute atomic E-state index is 8.77. The number of hydrogen-bond acceptors (Lipinski definition) is 0. The molecule has 664 valence electrons. The van der Waals surface area contributed by atoms with Gasteiger partial charge in [-0.25, -0.2) is 4.57 Å². The Labute approximate surface area is 765 Å². The van der Waals surface area contributed by atoms with Gasteiger partial charge in [0.25, 0.3) is 0 Å². The molecule has 0 spiro atoms. The molecular formula is C117H164N4Si4+4. The number of benzene rings is 8. The smallest absolute Gasteiger partial charge is 0.200 e. The Bertz CT molecular complexity index is 5980. The Hall–Kier alpha value is -7.73. The number of pyridine rings is 4. The van der Waals surface area contributed by atoms with Crippen LogP contribution in [-0.4, -0.2) is 32.3 Å². The molecule has 0 atom stereocenters. The van der Waals surface area contributed by atoms with Gasteiger partial charge in [0.15, 0.2) is 23.3 Å². The van der Waals surface area contributed by atoms with Crippen LogP contribution in [-0.2, 0) is 33.6 Å². The summed E-state index contributed by atoms with van der Waals surface area (Å²) in [6.45, 7) is 63.7. The molecule has 8 heteroatoms. The highest BCUT2D eigenvalue weighted by atomic mass is 28.3. The van der Waals surface area contributed by atoms with Crippen LogP contribution in [0.25, 0.3) is 88.1 Å². The lowest BCUT2D eigenvalue weighted by atomic mass is 9.84. The van der Waals surface area contributed by atoms with Crippen LogP contribution in [0.4, 0.5) is 0 Å². The van der Waals surface area contributed by atoms with Gasteiger partial charge in [0.2, 0.25) is 22.8 Å². The SMILES string of the molecule is C.Cc1cc(C(C)C)cc(-c2c3ccc(C4CC[Si](C)(C)CC4)cc3cc(C)[n+]2C)c1C.Cc1ccc(C(C)(C)C)cc1-c1c2ccc(C3CC[Si](C)(C)CC3)cc2cc(C)[n+]1C.Cc1ccc(C(C)C)cc1-c1c2ccc(C3CC[Si](C)(C)CC3)cc2cc(C)[n+]1C.[2H]c1cc2cc(C3CC[Si](C)(C)CC3)ccc2c(-c2cc(C(C)C)cc(C(C)C)c2C)[n+]1C. The van der Waals surface area contributed by atoms with E-state index in [1.54, 1.807) is 16.7 Å². The molecule has 12 aromatic rings. The van der Waals surface area contributed by atoms with Gasteiger partial charge in [-0.2, -0.15) is 13.7 Å². The van der Waals surface area contributed by atoms with Crippen molar-refractivity contribution < 1.29 is 19.6 Å². The number of nitrogens with zero attached hydrogens (tertiary/aromatic N) is 4.